The van der Waals surface area contributed by atoms with E-state index in [1.54, 1.807) is 0 Å². The van der Waals surface area contributed by atoms with Crippen LogP contribution in [0.1, 0.15) is 41.5 Å². The second-order valence-electron chi connectivity index (χ2n) is 10.2. The van der Waals surface area contributed by atoms with Crippen LogP contribution < -0.4 is 17.1 Å². The van der Waals surface area contributed by atoms with E-state index in [1.165, 1.54) is 13.7 Å². The minimum atomic E-state index is -0.470. The first-order valence-electron chi connectivity index (χ1n) is 12.8. The topological polar surface area (TPSA) is 66.0 Å². The highest BCUT2D eigenvalue weighted by atomic mass is 16.2. The summed E-state index contributed by atoms with van der Waals surface area (Å²) in [6, 6.07) is 0. The van der Waals surface area contributed by atoms with Crippen LogP contribution in [0.15, 0.2) is 14.4 Å². The molecule has 0 atom stereocenters. The van der Waals surface area contributed by atoms with Crippen molar-refractivity contribution in [2.75, 3.05) is 80.0 Å². The first-order chi connectivity index (χ1) is 15.4. The number of likely N-dealkylation sites (N-methyl/N-ethyl adjacent to an activating group) is 3. The number of hydrogen-bond acceptors (Lipinski definition) is 3. The monoisotopic (exact) mass is 471 g/mol. The standard InChI is InChI=1S/C24H51N6O3/c1-10-28(7,11-2)19-16-25-22(31)26(17-20-29(8,12-3)13-4)24(33)27(23(25)32)18-21-30(9,14-5)15-6/h10-21H2,1-9H3/q+3. The molecular formula is C24H51N6O3+3. The molecule has 192 valence electrons. The van der Waals surface area contributed by atoms with Crippen LogP contribution in [0.2, 0.25) is 0 Å². The molecule has 0 unspecified atom stereocenters. The van der Waals surface area contributed by atoms with Crippen molar-refractivity contribution >= 4 is 0 Å². The Balaban J connectivity index is 3.52. The van der Waals surface area contributed by atoms with Crippen LogP contribution >= 0.6 is 0 Å². The van der Waals surface area contributed by atoms with Crippen molar-refractivity contribution in [1.82, 2.24) is 13.7 Å². The molecule has 0 saturated carbocycles. The van der Waals surface area contributed by atoms with Gasteiger partial charge in [0.25, 0.3) is 0 Å². The lowest BCUT2D eigenvalue weighted by Crippen LogP contribution is -2.59. The first-order valence-corrected chi connectivity index (χ1v) is 12.8. The number of nitrogens with zero attached hydrogens (tertiary/aromatic N) is 6. The van der Waals surface area contributed by atoms with E-state index in [0.29, 0.717) is 39.3 Å². The van der Waals surface area contributed by atoms with Gasteiger partial charge in [0.15, 0.2) is 0 Å². The molecule has 0 aliphatic carbocycles. The molecule has 1 heterocycles. The summed E-state index contributed by atoms with van der Waals surface area (Å²) in [6.07, 6.45) is 0. The molecule has 0 aliphatic heterocycles. The highest BCUT2D eigenvalue weighted by Crippen LogP contribution is 2.03. The quantitative estimate of drug-likeness (QED) is 0.353. The molecule has 0 aliphatic rings. The van der Waals surface area contributed by atoms with Crippen LogP contribution in [0.5, 0.6) is 0 Å². The van der Waals surface area contributed by atoms with Crippen molar-refractivity contribution in [2.45, 2.75) is 61.2 Å². The Kier molecular flexibility index (Phi) is 10.8. The fourth-order valence-electron chi connectivity index (χ4n) is 3.90. The molecular weight excluding hydrogens is 420 g/mol. The summed E-state index contributed by atoms with van der Waals surface area (Å²) >= 11 is 0. The molecule has 9 heteroatoms. The fraction of sp³-hybridized carbons (Fsp3) is 0.875. The zero-order valence-corrected chi connectivity index (χ0v) is 22.9. The Morgan fingerprint density at radius 3 is 0.788 bits per heavy atom. The summed E-state index contributed by atoms with van der Waals surface area (Å²) in [5.41, 5.74) is -1.41. The normalized spacial score (nSPS) is 13.0. The van der Waals surface area contributed by atoms with Gasteiger partial charge in [-0.2, -0.15) is 0 Å². The lowest BCUT2D eigenvalue weighted by atomic mass is 10.3. The van der Waals surface area contributed by atoms with Gasteiger partial charge in [0.05, 0.1) is 99.7 Å². The van der Waals surface area contributed by atoms with E-state index in [-0.39, 0.29) is 0 Å². The van der Waals surface area contributed by atoms with Gasteiger partial charge in [0.1, 0.15) is 0 Å². The van der Waals surface area contributed by atoms with Crippen molar-refractivity contribution < 1.29 is 13.4 Å². The fourth-order valence-corrected chi connectivity index (χ4v) is 3.90. The van der Waals surface area contributed by atoms with Crippen LogP contribution in [-0.4, -0.2) is 107 Å². The van der Waals surface area contributed by atoms with E-state index in [4.69, 9.17) is 0 Å². The molecule has 1 aromatic heterocycles. The van der Waals surface area contributed by atoms with Crippen LogP contribution in [-0.2, 0) is 19.6 Å². The van der Waals surface area contributed by atoms with Gasteiger partial charge in [-0.3, -0.25) is 0 Å². The van der Waals surface area contributed by atoms with Gasteiger partial charge in [-0.1, -0.05) is 0 Å². The Labute approximate surface area is 200 Å². The predicted molar refractivity (Wildman–Crippen MR) is 136 cm³/mol. The molecule has 0 amide bonds. The molecule has 0 radical (unpaired) electrons. The number of aromatic nitrogens is 3. The highest BCUT2D eigenvalue weighted by Gasteiger charge is 2.24. The maximum Gasteiger partial charge on any atom is 0.336 e. The summed E-state index contributed by atoms with van der Waals surface area (Å²) < 4.78 is 6.21. The maximum absolute atomic E-state index is 13.4. The minimum absolute atomic E-state index is 0.317. The average Bonchev–Trinajstić information content (AvgIpc) is 2.83. The van der Waals surface area contributed by atoms with Crippen LogP contribution in [0.25, 0.3) is 0 Å². The first kappa shape index (κ1) is 29.3. The van der Waals surface area contributed by atoms with Gasteiger partial charge in [0.2, 0.25) is 0 Å². The van der Waals surface area contributed by atoms with E-state index in [1.807, 2.05) is 0 Å². The van der Waals surface area contributed by atoms with E-state index in [0.717, 1.165) is 52.7 Å². The SMILES string of the molecule is CC[N+](C)(CC)CCn1c(=O)n(CC[N+](C)(CC)CC)c(=O)n(CC[N+](C)(CC)CC)c1=O. The van der Waals surface area contributed by atoms with Gasteiger partial charge in [-0.15, -0.1) is 0 Å². The molecule has 0 N–H and O–H groups in total. The van der Waals surface area contributed by atoms with Crippen molar-refractivity contribution in [2.24, 2.45) is 0 Å². The van der Waals surface area contributed by atoms with E-state index in [2.05, 4.69) is 62.7 Å². The lowest BCUT2D eigenvalue weighted by molar-refractivity contribution is -0.907. The van der Waals surface area contributed by atoms with Gasteiger partial charge in [-0.25, -0.2) is 28.1 Å². The molecule has 1 aromatic rings. The van der Waals surface area contributed by atoms with Crippen LogP contribution in [0, 0.1) is 0 Å². The van der Waals surface area contributed by atoms with Crippen LogP contribution in [0.3, 0.4) is 0 Å². The van der Waals surface area contributed by atoms with Crippen molar-refractivity contribution in [3.05, 3.63) is 31.5 Å². The van der Waals surface area contributed by atoms with Gasteiger partial charge >= 0.3 is 17.1 Å². The zero-order valence-electron chi connectivity index (χ0n) is 22.9. The zero-order chi connectivity index (χ0) is 25.4. The predicted octanol–water partition coefficient (Wildman–Crippen LogP) is 0.631. The van der Waals surface area contributed by atoms with Crippen molar-refractivity contribution in [1.29, 1.82) is 0 Å². The largest absolute Gasteiger partial charge is 0.336 e. The smallest absolute Gasteiger partial charge is 0.325 e. The van der Waals surface area contributed by atoms with E-state index >= 15 is 0 Å². The van der Waals surface area contributed by atoms with E-state index in [9.17, 15) is 14.4 Å². The van der Waals surface area contributed by atoms with Gasteiger partial charge in [0, 0.05) is 0 Å². The highest BCUT2D eigenvalue weighted by molar-refractivity contribution is 4.79. The maximum atomic E-state index is 13.4. The summed E-state index contributed by atoms with van der Waals surface area (Å²) in [6.45, 7) is 21.2. The Hall–Kier alpha value is -1.71. The second-order valence-corrected chi connectivity index (χ2v) is 10.2. The second kappa shape index (κ2) is 12.1. The summed E-state index contributed by atoms with van der Waals surface area (Å²) in [5, 5.41) is 0. The third-order valence-electron chi connectivity index (χ3n) is 8.56. The summed E-state index contributed by atoms with van der Waals surface area (Å²) in [4.78, 5) is 40.1. The molecule has 0 bridgehead atoms. The number of hydrogen-bond donors (Lipinski definition) is 0. The number of rotatable bonds is 15. The summed E-state index contributed by atoms with van der Waals surface area (Å²) in [7, 11) is 6.41. The Morgan fingerprint density at radius 1 is 0.455 bits per heavy atom. The number of quaternary nitrogens is 3. The summed E-state index contributed by atoms with van der Waals surface area (Å²) in [5.74, 6) is 0. The Morgan fingerprint density at radius 2 is 0.636 bits per heavy atom. The Bertz CT molecular complexity index is 768. The minimum Gasteiger partial charge on any atom is -0.325 e. The lowest BCUT2D eigenvalue weighted by Gasteiger charge is -2.33. The molecule has 0 fully saturated rings. The van der Waals surface area contributed by atoms with Gasteiger partial charge < -0.3 is 13.4 Å². The van der Waals surface area contributed by atoms with Crippen molar-refractivity contribution in [3.63, 3.8) is 0 Å². The van der Waals surface area contributed by atoms with Crippen LogP contribution in [0.4, 0.5) is 0 Å². The molecule has 33 heavy (non-hydrogen) atoms. The third kappa shape index (κ3) is 7.13. The third-order valence-corrected chi connectivity index (χ3v) is 8.56. The van der Waals surface area contributed by atoms with Gasteiger partial charge in [-0.05, 0) is 41.5 Å². The average molecular weight is 472 g/mol. The van der Waals surface area contributed by atoms with E-state index < -0.39 is 17.1 Å². The molecule has 0 spiro atoms. The van der Waals surface area contributed by atoms with Crippen molar-refractivity contribution in [3.8, 4) is 0 Å². The molecule has 0 aromatic carbocycles. The molecule has 0 saturated heterocycles. The molecule has 1 rings (SSSR count). The molecule has 9 nitrogen and oxygen atoms in total.